The van der Waals surface area contributed by atoms with Gasteiger partial charge in [-0.15, -0.1) is 6.58 Å². The van der Waals surface area contributed by atoms with E-state index >= 15 is 0 Å². The van der Waals surface area contributed by atoms with Crippen molar-refractivity contribution in [3.05, 3.63) is 54.1 Å². The van der Waals surface area contributed by atoms with Crippen LogP contribution in [0, 0.1) is 6.92 Å². The first kappa shape index (κ1) is 18.9. The lowest BCUT2D eigenvalue weighted by Gasteiger charge is -2.33. The van der Waals surface area contributed by atoms with E-state index < -0.39 is 15.6 Å². The van der Waals surface area contributed by atoms with Crippen molar-refractivity contribution in [2.75, 3.05) is 0 Å². The summed E-state index contributed by atoms with van der Waals surface area (Å²) >= 11 is 0. The average Bonchev–Trinajstić information content (AvgIpc) is 2.93. The first-order valence-electron chi connectivity index (χ1n) is 8.84. The fourth-order valence-corrected chi connectivity index (χ4v) is 4.85. The quantitative estimate of drug-likeness (QED) is 0.647. The van der Waals surface area contributed by atoms with Crippen LogP contribution in [0.15, 0.2) is 53.5 Å². The highest BCUT2D eigenvalue weighted by Crippen LogP contribution is 2.38. The Labute approximate surface area is 146 Å². The molecule has 1 unspecified atom stereocenters. The van der Waals surface area contributed by atoms with Gasteiger partial charge in [0.1, 0.15) is 0 Å². The molecule has 4 heteroatoms. The predicted molar refractivity (Wildman–Crippen MR) is 101 cm³/mol. The van der Waals surface area contributed by atoms with Gasteiger partial charge in [0.25, 0.3) is 0 Å². The van der Waals surface area contributed by atoms with Gasteiger partial charge in [0, 0.05) is 0 Å². The van der Waals surface area contributed by atoms with E-state index in [1.807, 2.05) is 25.1 Å². The van der Waals surface area contributed by atoms with Gasteiger partial charge in [-0.05, 0) is 57.6 Å². The summed E-state index contributed by atoms with van der Waals surface area (Å²) in [7, 11) is -3.53. The Kier molecular flexibility index (Phi) is 6.41. The summed E-state index contributed by atoms with van der Waals surface area (Å²) in [4.78, 5) is 0.341. The molecule has 1 aromatic carbocycles. The molecule has 3 nitrogen and oxygen atoms in total. The van der Waals surface area contributed by atoms with Gasteiger partial charge in [-0.25, -0.2) is 13.1 Å². The van der Waals surface area contributed by atoms with Gasteiger partial charge >= 0.3 is 0 Å². The highest BCUT2D eigenvalue weighted by atomic mass is 32.2. The lowest BCUT2D eigenvalue weighted by Crippen LogP contribution is -2.48. The number of aryl methyl sites for hydroxylation is 1. The molecule has 1 aromatic rings. The number of nitrogens with one attached hydrogen (secondary N) is 1. The van der Waals surface area contributed by atoms with Crippen LogP contribution in [0.25, 0.3) is 0 Å². The lowest BCUT2D eigenvalue weighted by molar-refractivity contribution is 0.397. The van der Waals surface area contributed by atoms with Crippen molar-refractivity contribution in [3.63, 3.8) is 0 Å². The third-order valence-corrected chi connectivity index (χ3v) is 6.36. The fraction of sp³-hybridized carbons (Fsp3) is 0.500. The third-order valence-electron chi connectivity index (χ3n) is 4.81. The van der Waals surface area contributed by atoms with Gasteiger partial charge < -0.3 is 0 Å². The van der Waals surface area contributed by atoms with E-state index in [2.05, 4.69) is 24.3 Å². The molecule has 0 fully saturated rings. The number of hydrogen-bond donors (Lipinski definition) is 1. The second-order valence-electron chi connectivity index (χ2n) is 6.70. The maximum atomic E-state index is 12.9. The van der Waals surface area contributed by atoms with E-state index in [1.165, 1.54) is 5.57 Å². The summed E-state index contributed by atoms with van der Waals surface area (Å²) in [5, 5.41) is 0. The van der Waals surface area contributed by atoms with Gasteiger partial charge in [-0.3, -0.25) is 0 Å². The van der Waals surface area contributed by atoms with Crippen LogP contribution in [0.3, 0.4) is 0 Å². The summed E-state index contributed by atoms with van der Waals surface area (Å²) in [6.07, 6.45) is 10.6. The Morgan fingerprint density at radius 1 is 1.29 bits per heavy atom. The number of unbranched alkanes of at least 4 members (excludes halogenated alkanes) is 1. The molecule has 0 spiro atoms. The van der Waals surface area contributed by atoms with E-state index in [-0.39, 0.29) is 0 Å². The molecule has 0 saturated carbocycles. The highest BCUT2D eigenvalue weighted by Gasteiger charge is 2.39. The summed E-state index contributed by atoms with van der Waals surface area (Å²) in [5.41, 5.74) is 1.86. The number of sulfonamides is 1. The Balaban J connectivity index is 2.29. The van der Waals surface area contributed by atoms with Gasteiger partial charge in [0.05, 0.1) is 10.4 Å². The van der Waals surface area contributed by atoms with Crippen LogP contribution in [0.2, 0.25) is 0 Å². The predicted octanol–water partition coefficient (Wildman–Crippen LogP) is 4.89. The number of benzene rings is 1. The smallest absolute Gasteiger partial charge is 0.207 e. The molecule has 0 saturated heterocycles. The molecule has 1 aliphatic carbocycles. The minimum atomic E-state index is -3.53. The van der Waals surface area contributed by atoms with Gasteiger partial charge in [-0.1, -0.05) is 48.8 Å². The minimum Gasteiger partial charge on any atom is -0.207 e. The zero-order chi connectivity index (χ0) is 17.6. The first-order chi connectivity index (χ1) is 11.4. The molecule has 0 aliphatic heterocycles. The standard InChI is InChI=1S/C20H29NO2S/c1-4-6-9-18-10-8-16-20(18,15-7-5-2)21-24(22,23)19-13-11-17(3)12-14-19/h5,10-14,21H,2,4,6-9,15-16H2,1,3H3. The third kappa shape index (κ3) is 4.37. The zero-order valence-electron chi connectivity index (χ0n) is 14.8. The SMILES string of the molecule is C=CCCC1(NS(=O)(=O)c2ccc(C)cc2)CCC=C1CCCC. The van der Waals surface area contributed by atoms with E-state index in [0.717, 1.165) is 50.5 Å². The topological polar surface area (TPSA) is 46.2 Å². The molecule has 1 aliphatic rings. The molecular weight excluding hydrogens is 318 g/mol. The zero-order valence-corrected chi connectivity index (χ0v) is 15.7. The van der Waals surface area contributed by atoms with Gasteiger partial charge in [0.2, 0.25) is 10.0 Å². The van der Waals surface area contributed by atoms with E-state index in [9.17, 15) is 8.42 Å². The molecule has 0 heterocycles. The maximum absolute atomic E-state index is 12.9. The maximum Gasteiger partial charge on any atom is 0.241 e. The van der Waals surface area contributed by atoms with Crippen molar-refractivity contribution in [1.29, 1.82) is 0 Å². The second kappa shape index (κ2) is 8.13. The Bertz CT molecular complexity index is 689. The monoisotopic (exact) mass is 347 g/mol. The molecule has 2 rings (SSSR count). The Morgan fingerprint density at radius 2 is 2.00 bits per heavy atom. The normalized spacial score (nSPS) is 20.8. The molecule has 1 N–H and O–H groups in total. The fourth-order valence-electron chi connectivity index (χ4n) is 3.39. The van der Waals surface area contributed by atoms with Crippen molar-refractivity contribution >= 4 is 10.0 Å². The summed E-state index contributed by atoms with van der Waals surface area (Å²) < 4.78 is 28.9. The van der Waals surface area contributed by atoms with E-state index in [1.54, 1.807) is 12.1 Å². The lowest BCUT2D eigenvalue weighted by atomic mass is 9.85. The van der Waals surface area contributed by atoms with E-state index in [0.29, 0.717) is 4.90 Å². The molecule has 0 aromatic heterocycles. The molecule has 0 bridgehead atoms. The van der Waals surface area contributed by atoms with Crippen LogP contribution in [-0.4, -0.2) is 14.0 Å². The average molecular weight is 348 g/mol. The minimum absolute atomic E-state index is 0.341. The van der Waals surface area contributed by atoms with Crippen LogP contribution < -0.4 is 4.72 Å². The number of rotatable bonds is 9. The summed E-state index contributed by atoms with van der Waals surface area (Å²) in [5.74, 6) is 0. The van der Waals surface area contributed by atoms with Crippen LogP contribution >= 0.6 is 0 Å². The molecular formula is C20H29NO2S. The van der Waals surface area contributed by atoms with Crippen molar-refractivity contribution in [2.24, 2.45) is 0 Å². The molecule has 1 atom stereocenters. The van der Waals surface area contributed by atoms with Crippen molar-refractivity contribution < 1.29 is 8.42 Å². The Morgan fingerprint density at radius 3 is 2.62 bits per heavy atom. The Hall–Kier alpha value is -1.39. The largest absolute Gasteiger partial charge is 0.241 e. The summed E-state index contributed by atoms with van der Waals surface area (Å²) in [6, 6.07) is 7.05. The van der Waals surface area contributed by atoms with Crippen molar-refractivity contribution in [1.82, 2.24) is 4.72 Å². The molecule has 132 valence electrons. The highest BCUT2D eigenvalue weighted by molar-refractivity contribution is 7.89. The van der Waals surface area contributed by atoms with Crippen molar-refractivity contribution in [3.8, 4) is 0 Å². The first-order valence-corrected chi connectivity index (χ1v) is 10.3. The van der Waals surface area contributed by atoms with Crippen LogP contribution in [0.4, 0.5) is 0 Å². The van der Waals surface area contributed by atoms with Crippen LogP contribution in [0.1, 0.15) is 57.4 Å². The molecule has 0 radical (unpaired) electrons. The molecule has 24 heavy (non-hydrogen) atoms. The molecule has 0 amide bonds. The van der Waals surface area contributed by atoms with Crippen molar-refractivity contribution in [2.45, 2.75) is 69.2 Å². The van der Waals surface area contributed by atoms with Gasteiger partial charge in [0.15, 0.2) is 0 Å². The van der Waals surface area contributed by atoms with Gasteiger partial charge in [-0.2, -0.15) is 0 Å². The number of hydrogen-bond acceptors (Lipinski definition) is 2. The van der Waals surface area contributed by atoms with Crippen LogP contribution in [0.5, 0.6) is 0 Å². The van der Waals surface area contributed by atoms with Crippen LogP contribution in [-0.2, 0) is 10.0 Å². The summed E-state index contributed by atoms with van der Waals surface area (Å²) in [6.45, 7) is 7.93. The second-order valence-corrected chi connectivity index (χ2v) is 8.38. The van der Waals surface area contributed by atoms with E-state index in [4.69, 9.17) is 0 Å². The number of allylic oxidation sites excluding steroid dienone is 2.